The summed E-state index contributed by atoms with van der Waals surface area (Å²) in [5.41, 5.74) is 1.52. The summed E-state index contributed by atoms with van der Waals surface area (Å²) >= 11 is 0. The molecule has 1 aromatic carbocycles. The monoisotopic (exact) mass is 332 g/mol. The second kappa shape index (κ2) is 5.44. The summed E-state index contributed by atoms with van der Waals surface area (Å²) in [6.07, 6.45) is 3.76. The van der Waals surface area contributed by atoms with E-state index in [9.17, 15) is 4.79 Å². The third-order valence-electron chi connectivity index (χ3n) is 4.79. The van der Waals surface area contributed by atoms with Crippen LogP contribution >= 0.6 is 0 Å². The van der Waals surface area contributed by atoms with Crippen LogP contribution in [0.15, 0.2) is 59.1 Å². The van der Waals surface area contributed by atoms with E-state index in [0.717, 1.165) is 35.3 Å². The largest absolute Gasteiger partial charge is 0.451 e. The maximum Gasteiger partial charge on any atom is 0.290 e. The van der Waals surface area contributed by atoms with Crippen LogP contribution in [0.2, 0.25) is 0 Å². The van der Waals surface area contributed by atoms with E-state index < -0.39 is 0 Å². The molecule has 1 atom stereocenters. The number of pyridine rings is 1. The lowest BCUT2D eigenvalue weighted by molar-refractivity contribution is 0.0699. The molecule has 0 N–H and O–H groups in total. The number of rotatable bonds is 2. The summed E-state index contributed by atoms with van der Waals surface area (Å²) in [7, 11) is 0. The van der Waals surface area contributed by atoms with Gasteiger partial charge in [-0.3, -0.25) is 9.20 Å². The predicted molar refractivity (Wildman–Crippen MR) is 92.2 cm³/mol. The average molecular weight is 332 g/mol. The molecule has 1 aliphatic rings. The van der Waals surface area contributed by atoms with Crippen LogP contribution in [0.3, 0.4) is 0 Å². The first-order valence-corrected chi connectivity index (χ1v) is 8.40. The van der Waals surface area contributed by atoms with Crippen molar-refractivity contribution in [3.05, 3.63) is 66.3 Å². The number of carbonyl (C=O) groups excluding carboxylic acids is 1. The number of benzene rings is 1. The van der Waals surface area contributed by atoms with E-state index in [1.807, 2.05) is 64.0 Å². The third kappa shape index (κ3) is 2.21. The zero-order valence-electron chi connectivity index (χ0n) is 13.5. The number of carbonyl (C=O) groups is 1. The molecule has 0 aliphatic carbocycles. The normalized spacial score (nSPS) is 17.6. The third-order valence-corrected chi connectivity index (χ3v) is 4.79. The van der Waals surface area contributed by atoms with Crippen molar-refractivity contribution >= 4 is 22.5 Å². The van der Waals surface area contributed by atoms with Crippen molar-refractivity contribution in [2.75, 3.05) is 6.54 Å². The van der Waals surface area contributed by atoms with Crippen LogP contribution in [0.1, 0.15) is 35.3 Å². The lowest BCUT2D eigenvalue weighted by Gasteiger charge is -2.22. The molecule has 0 radical (unpaired) electrons. The first kappa shape index (κ1) is 14.2. The van der Waals surface area contributed by atoms with E-state index >= 15 is 0 Å². The highest BCUT2D eigenvalue weighted by Crippen LogP contribution is 2.33. The number of hydrogen-bond donors (Lipinski definition) is 0. The van der Waals surface area contributed by atoms with Gasteiger partial charge in [0, 0.05) is 18.1 Å². The van der Waals surface area contributed by atoms with Gasteiger partial charge in [0.2, 0.25) is 0 Å². The lowest BCUT2D eigenvalue weighted by Crippen LogP contribution is -2.31. The van der Waals surface area contributed by atoms with Gasteiger partial charge in [0.1, 0.15) is 5.58 Å². The van der Waals surface area contributed by atoms with Gasteiger partial charge in [-0.15, -0.1) is 10.2 Å². The summed E-state index contributed by atoms with van der Waals surface area (Å²) in [4.78, 5) is 14.9. The van der Waals surface area contributed by atoms with Gasteiger partial charge in [-0.05, 0) is 37.1 Å². The Morgan fingerprint density at radius 1 is 1.12 bits per heavy atom. The maximum absolute atomic E-state index is 13.0. The van der Waals surface area contributed by atoms with Crippen LogP contribution in [0.4, 0.5) is 0 Å². The first-order valence-electron chi connectivity index (χ1n) is 8.40. The Morgan fingerprint density at radius 3 is 2.92 bits per heavy atom. The zero-order chi connectivity index (χ0) is 16.8. The maximum atomic E-state index is 13.0. The molecule has 124 valence electrons. The van der Waals surface area contributed by atoms with Gasteiger partial charge < -0.3 is 9.32 Å². The van der Waals surface area contributed by atoms with E-state index in [1.165, 1.54) is 0 Å². The van der Waals surface area contributed by atoms with Gasteiger partial charge in [-0.1, -0.05) is 24.3 Å². The van der Waals surface area contributed by atoms with Crippen LogP contribution in [-0.2, 0) is 0 Å². The molecule has 4 aromatic rings. The molecule has 1 fully saturated rings. The van der Waals surface area contributed by atoms with Crippen LogP contribution in [-0.4, -0.2) is 31.9 Å². The number of fused-ring (bicyclic) bond motifs is 2. The number of para-hydroxylation sites is 1. The standard InChI is InChI=1S/C19H16N4O2/c24-19(16-12-13-6-1-2-8-15(13)25-16)22-11-5-7-14(22)18-21-20-17-9-3-4-10-23(17)18/h1-4,6,8-10,12,14H,5,7,11H2/t14-/m0/s1. The number of hydrogen-bond acceptors (Lipinski definition) is 4. The van der Waals surface area contributed by atoms with Crippen molar-refractivity contribution in [3.63, 3.8) is 0 Å². The smallest absolute Gasteiger partial charge is 0.290 e. The molecule has 0 saturated carbocycles. The number of amides is 1. The van der Waals surface area contributed by atoms with Gasteiger partial charge in [-0.25, -0.2) is 0 Å². The number of aromatic nitrogens is 3. The molecular formula is C19H16N4O2. The van der Waals surface area contributed by atoms with Crippen LogP contribution < -0.4 is 0 Å². The quantitative estimate of drug-likeness (QED) is 0.564. The van der Waals surface area contributed by atoms with E-state index in [2.05, 4.69) is 10.2 Å². The highest BCUT2D eigenvalue weighted by Gasteiger charge is 2.35. The SMILES string of the molecule is O=C(c1cc2ccccc2o1)N1CCC[C@H]1c1nnc2ccccn12. The summed E-state index contributed by atoms with van der Waals surface area (Å²) in [6.45, 7) is 0.697. The van der Waals surface area contributed by atoms with E-state index in [4.69, 9.17) is 4.42 Å². The van der Waals surface area contributed by atoms with E-state index in [1.54, 1.807) is 0 Å². The average Bonchev–Trinajstić information content (AvgIpc) is 3.37. The van der Waals surface area contributed by atoms with Gasteiger partial charge >= 0.3 is 0 Å². The summed E-state index contributed by atoms with van der Waals surface area (Å²) < 4.78 is 7.71. The van der Waals surface area contributed by atoms with Crippen molar-refractivity contribution in [1.29, 1.82) is 0 Å². The van der Waals surface area contributed by atoms with Gasteiger partial charge in [0.05, 0.1) is 6.04 Å². The van der Waals surface area contributed by atoms with Crippen LogP contribution in [0.5, 0.6) is 0 Å². The summed E-state index contributed by atoms with van der Waals surface area (Å²) in [5, 5.41) is 9.49. The minimum Gasteiger partial charge on any atom is -0.451 e. The van der Waals surface area contributed by atoms with Crippen molar-refractivity contribution in [1.82, 2.24) is 19.5 Å². The lowest BCUT2D eigenvalue weighted by atomic mass is 10.2. The number of likely N-dealkylation sites (tertiary alicyclic amines) is 1. The molecule has 1 saturated heterocycles. The molecule has 0 bridgehead atoms. The number of nitrogens with zero attached hydrogens (tertiary/aromatic N) is 4. The molecular weight excluding hydrogens is 316 g/mol. The fraction of sp³-hybridized carbons (Fsp3) is 0.211. The Hall–Kier alpha value is -3.15. The Bertz CT molecular complexity index is 1050. The number of furan rings is 1. The molecule has 6 nitrogen and oxygen atoms in total. The predicted octanol–water partition coefficient (Wildman–Crippen LogP) is 3.45. The molecule has 5 rings (SSSR count). The van der Waals surface area contributed by atoms with Crippen LogP contribution in [0, 0.1) is 0 Å². The van der Waals surface area contributed by atoms with E-state index in [-0.39, 0.29) is 11.9 Å². The van der Waals surface area contributed by atoms with Crippen molar-refractivity contribution < 1.29 is 9.21 Å². The van der Waals surface area contributed by atoms with Gasteiger partial charge in [0.15, 0.2) is 17.2 Å². The Labute approximate surface area is 143 Å². The minimum absolute atomic E-state index is 0.0851. The zero-order valence-corrected chi connectivity index (χ0v) is 13.5. The summed E-state index contributed by atoms with van der Waals surface area (Å²) in [5.74, 6) is 1.09. The first-order chi connectivity index (χ1) is 12.3. The van der Waals surface area contributed by atoms with Gasteiger partial charge in [0.25, 0.3) is 5.91 Å². The van der Waals surface area contributed by atoms with Crippen molar-refractivity contribution in [2.45, 2.75) is 18.9 Å². The fourth-order valence-corrected chi connectivity index (χ4v) is 3.59. The van der Waals surface area contributed by atoms with Gasteiger partial charge in [-0.2, -0.15) is 0 Å². The molecule has 1 aliphatic heterocycles. The minimum atomic E-state index is -0.0913. The molecule has 4 heterocycles. The van der Waals surface area contributed by atoms with E-state index in [0.29, 0.717) is 12.3 Å². The molecule has 25 heavy (non-hydrogen) atoms. The fourth-order valence-electron chi connectivity index (χ4n) is 3.59. The highest BCUT2D eigenvalue weighted by atomic mass is 16.3. The van der Waals surface area contributed by atoms with Crippen molar-refractivity contribution in [3.8, 4) is 0 Å². The van der Waals surface area contributed by atoms with Crippen molar-refractivity contribution in [2.24, 2.45) is 0 Å². The molecule has 0 unspecified atom stereocenters. The summed E-state index contributed by atoms with van der Waals surface area (Å²) in [6, 6.07) is 15.2. The topological polar surface area (TPSA) is 63.6 Å². The Balaban J connectivity index is 1.53. The second-order valence-electron chi connectivity index (χ2n) is 6.29. The molecule has 1 amide bonds. The highest BCUT2D eigenvalue weighted by molar-refractivity contribution is 5.96. The molecule has 6 heteroatoms. The molecule has 0 spiro atoms. The second-order valence-corrected chi connectivity index (χ2v) is 6.29. The Morgan fingerprint density at radius 2 is 2.00 bits per heavy atom. The molecule has 3 aromatic heterocycles. The van der Waals surface area contributed by atoms with Crippen LogP contribution in [0.25, 0.3) is 16.6 Å². The Kier molecular flexibility index (Phi) is 3.09.